The van der Waals surface area contributed by atoms with Crippen LogP contribution in [-0.2, 0) is 17.2 Å². The van der Waals surface area contributed by atoms with Crippen molar-refractivity contribution in [2.45, 2.75) is 31.3 Å². The van der Waals surface area contributed by atoms with E-state index in [1.165, 1.54) is 0 Å². The summed E-state index contributed by atoms with van der Waals surface area (Å²) in [5.41, 5.74) is 1.73. The lowest BCUT2D eigenvalue weighted by Gasteiger charge is -2.14. The Morgan fingerprint density at radius 1 is 1.47 bits per heavy atom. The highest BCUT2D eigenvalue weighted by atomic mass is 35.5. The number of rotatable bonds is 3. The SMILES string of the molecule is O=C1CCC(Cn2c(CCl)nc3cccc(Cl)c32)N1. The first kappa shape index (κ1) is 12.8. The van der Waals surface area contributed by atoms with Crippen molar-refractivity contribution < 1.29 is 4.79 Å². The molecule has 2 aromatic rings. The van der Waals surface area contributed by atoms with Crippen LogP contribution in [0.25, 0.3) is 11.0 Å². The number of alkyl halides is 1. The number of carbonyl (C=O) groups is 1. The van der Waals surface area contributed by atoms with Crippen molar-refractivity contribution in [3.05, 3.63) is 29.0 Å². The Morgan fingerprint density at radius 2 is 2.32 bits per heavy atom. The van der Waals surface area contributed by atoms with Crippen molar-refractivity contribution in [2.24, 2.45) is 0 Å². The first-order valence-electron chi connectivity index (χ1n) is 6.18. The zero-order valence-electron chi connectivity index (χ0n) is 10.2. The monoisotopic (exact) mass is 297 g/mol. The molecule has 0 spiro atoms. The van der Waals surface area contributed by atoms with E-state index < -0.39 is 0 Å². The van der Waals surface area contributed by atoms with Crippen molar-refractivity contribution >= 4 is 40.1 Å². The van der Waals surface area contributed by atoms with Gasteiger partial charge < -0.3 is 9.88 Å². The standard InChI is InChI=1S/C13H13Cl2N3O/c14-6-11-17-10-3-1-2-9(15)13(10)18(11)7-8-4-5-12(19)16-8/h1-3,8H,4-7H2,(H,16,19). The van der Waals surface area contributed by atoms with Gasteiger partial charge in [-0.1, -0.05) is 17.7 Å². The Kier molecular flexibility index (Phi) is 3.37. The number of fused-ring (bicyclic) bond motifs is 1. The number of aromatic nitrogens is 2. The van der Waals surface area contributed by atoms with Gasteiger partial charge >= 0.3 is 0 Å². The lowest BCUT2D eigenvalue weighted by Crippen LogP contribution is -2.30. The molecule has 1 saturated heterocycles. The van der Waals surface area contributed by atoms with Gasteiger partial charge in [0.15, 0.2) is 0 Å². The third-order valence-corrected chi connectivity index (χ3v) is 3.95. The van der Waals surface area contributed by atoms with Gasteiger partial charge in [0, 0.05) is 19.0 Å². The van der Waals surface area contributed by atoms with Crippen LogP contribution in [0.5, 0.6) is 0 Å². The quantitative estimate of drug-likeness (QED) is 0.886. The van der Waals surface area contributed by atoms with Gasteiger partial charge in [0.1, 0.15) is 5.82 Å². The molecule has 0 aliphatic carbocycles. The van der Waals surface area contributed by atoms with Crippen LogP contribution in [0.2, 0.25) is 5.02 Å². The van der Waals surface area contributed by atoms with Crippen LogP contribution in [0.4, 0.5) is 0 Å². The molecule has 1 aromatic heterocycles. The first-order valence-corrected chi connectivity index (χ1v) is 7.09. The molecule has 0 bridgehead atoms. The molecule has 1 fully saturated rings. The third kappa shape index (κ3) is 2.30. The maximum atomic E-state index is 11.3. The minimum absolute atomic E-state index is 0.105. The molecule has 1 aliphatic rings. The third-order valence-electron chi connectivity index (χ3n) is 3.40. The van der Waals surface area contributed by atoms with Gasteiger partial charge in [0.25, 0.3) is 0 Å². The second kappa shape index (κ2) is 5.02. The first-order chi connectivity index (χ1) is 9.19. The maximum absolute atomic E-state index is 11.3. The van der Waals surface area contributed by atoms with Gasteiger partial charge in [-0.05, 0) is 18.6 Å². The molecule has 1 N–H and O–H groups in total. The van der Waals surface area contributed by atoms with Crippen molar-refractivity contribution in [1.82, 2.24) is 14.9 Å². The largest absolute Gasteiger partial charge is 0.352 e. The Morgan fingerprint density at radius 3 is 3.00 bits per heavy atom. The predicted molar refractivity (Wildman–Crippen MR) is 75.5 cm³/mol. The van der Waals surface area contributed by atoms with Crippen LogP contribution >= 0.6 is 23.2 Å². The number of hydrogen-bond acceptors (Lipinski definition) is 2. The Hall–Kier alpha value is -1.26. The van der Waals surface area contributed by atoms with E-state index in [1.54, 1.807) is 0 Å². The summed E-state index contributed by atoms with van der Waals surface area (Å²) >= 11 is 12.2. The number of halogens is 2. The summed E-state index contributed by atoms with van der Waals surface area (Å²) in [6.07, 6.45) is 1.42. The van der Waals surface area contributed by atoms with Crippen molar-refractivity contribution in [1.29, 1.82) is 0 Å². The van der Waals surface area contributed by atoms with Crippen LogP contribution < -0.4 is 5.32 Å². The normalized spacial score (nSPS) is 19.1. The molecule has 0 radical (unpaired) electrons. The van der Waals surface area contributed by atoms with Crippen LogP contribution in [-0.4, -0.2) is 21.5 Å². The summed E-state index contributed by atoms with van der Waals surface area (Å²) in [4.78, 5) is 15.8. The fraction of sp³-hybridized carbons (Fsp3) is 0.385. The average Bonchev–Trinajstić information content (AvgIpc) is 2.95. The van der Waals surface area contributed by atoms with Gasteiger partial charge in [0.2, 0.25) is 5.91 Å². The van der Waals surface area contributed by atoms with Gasteiger partial charge in [0.05, 0.1) is 21.9 Å². The van der Waals surface area contributed by atoms with E-state index in [9.17, 15) is 4.79 Å². The Labute approximate surface area is 120 Å². The molecule has 1 atom stereocenters. The fourth-order valence-electron chi connectivity index (χ4n) is 2.52. The molecule has 19 heavy (non-hydrogen) atoms. The number of amides is 1. The number of nitrogens with one attached hydrogen (secondary N) is 1. The molecule has 100 valence electrons. The summed E-state index contributed by atoms with van der Waals surface area (Å²) in [5, 5.41) is 3.61. The summed E-state index contributed by atoms with van der Waals surface area (Å²) in [7, 11) is 0. The molecular weight excluding hydrogens is 285 g/mol. The summed E-state index contributed by atoms with van der Waals surface area (Å²) in [6, 6.07) is 5.76. The molecule has 2 heterocycles. The zero-order valence-corrected chi connectivity index (χ0v) is 11.7. The smallest absolute Gasteiger partial charge is 0.220 e. The van der Waals surface area contributed by atoms with Crippen molar-refractivity contribution in [3.8, 4) is 0 Å². The number of nitrogens with zero attached hydrogens (tertiary/aromatic N) is 2. The summed E-state index contributed by atoms with van der Waals surface area (Å²) < 4.78 is 2.01. The highest BCUT2D eigenvalue weighted by Gasteiger charge is 2.23. The van der Waals surface area contributed by atoms with E-state index in [1.807, 2.05) is 22.8 Å². The maximum Gasteiger partial charge on any atom is 0.220 e. The fourth-order valence-corrected chi connectivity index (χ4v) is 3.00. The highest BCUT2D eigenvalue weighted by Crippen LogP contribution is 2.26. The van der Waals surface area contributed by atoms with E-state index >= 15 is 0 Å². The minimum Gasteiger partial charge on any atom is -0.352 e. The number of para-hydroxylation sites is 1. The molecular formula is C13H13Cl2N3O. The van der Waals surface area contributed by atoms with Gasteiger partial charge in [-0.15, -0.1) is 11.6 Å². The minimum atomic E-state index is 0.105. The molecule has 1 unspecified atom stereocenters. The number of carbonyl (C=O) groups excluding carboxylic acids is 1. The van der Waals surface area contributed by atoms with Gasteiger partial charge in [-0.2, -0.15) is 0 Å². The average molecular weight is 298 g/mol. The van der Waals surface area contributed by atoms with E-state index in [0.29, 0.717) is 23.9 Å². The van der Waals surface area contributed by atoms with Crippen LogP contribution in [0.1, 0.15) is 18.7 Å². The van der Waals surface area contributed by atoms with E-state index in [4.69, 9.17) is 23.2 Å². The van der Waals surface area contributed by atoms with Crippen LogP contribution in [0.15, 0.2) is 18.2 Å². The predicted octanol–water partition coefficient (Wildman–Crippen LogP) is 2.71. The molecule has 1 aromatic carbocycles. The van der Waals surface area contributed by atoms with Crippen molar-refractivity contribution in [2.75, 3.05) is 0 Å². The van der Waals surface area contributed by atoms with E-state index in [-0.39, 0.29) is 11.9 Å². The molecule has 0 saturated carbocycles. The zero-order chi connectivity index (χ0) is 13.4. The van der Waals surface area contributed by atoms with Gasteiger partial charge in [-0.25, -0.2) is 4.98 Å². The van der Waals surface area contributed by atoms with E-state index in [0.717, 1.165) is 23.3 Å². The summed E-state index contributed by atoms with van der Waals surface area (Å²) in [5.74, 6) is 1.21. The van der Waals surface area contributed by atoms with Crippen molar-refractivity contribution in [3.63, 3.8) is 0 Å². The second-order valence-corrected chi connectivity index (χ2v) is 5.36. The molecule has 1 amide bonds. The topological polar surface area (TPSA) is 46.9 Å². The Balaban J connectivity index is 2.03. The second-order valence-electron chi connectivity index (χ2n) is 4.68. The van der Waals surface area contributed by atoms with Crippen LogP contribution in [0.3, 0.4) is 0 Å². The highest BCUT2D eigenvalue weighted by molar-refractivity contribution is 6.35. The molecule has 1 aliphatic heterocycles. The lowest BCUT2D eigenvalue weighted by atomic mass is 10.2. The Bertz CT molecular complexity index is 638. The number of imidazole rings is 1. The molecule has 6 heteroatoms. The molecule has 4 nitrogen and oxygen atoms in total. The van der Waals surface area contributed by atoms with Crippen LogP contribution in [0, 0.1) is 0 Å². The van der Waals surface area contributed by atoms with E-state index in [2.05, 4.69) is 10.3 Å². The number of hydrogen-bond donors (Lipinski definition) is 1. The molecule has 3 rings (SSSR count). The lowest BCUT2D eigenvalue weighted by molar-refractivity contribution is -0.119. The summed E-state index contributed by atoms with van der Waals surface area (Å²) in [6.45, 7) is 0.661. The number of benzene rings is 1. The van der Waals surface area contributed by atoms with Gasteiger partial charge in [-0.3, -0.25) is 4.79 Å².